The van der Waals surface area contributed by atoms with Gasteiger partial charge in [-0.3, -0.25) is 4.79 Å². The Bertz CT molecular complexity index is 510. The summed E-state index contributed by atoms with van der Waals surface area (Å²) in [6.07, 6.45) is 5.87. The molecule has 1 amide bonds. The highest BCUT2D eigenvalue weighted by molar-refractivity contribution is 5.85. The molecule has 2 rings (SSSR count). The van der Waals surface area contributed by atoms with Gasteiger partial charge in [-0.05, 0) is 43.9 Å². The molecule has 0 aromatic heterocycles. The Balaban J connectivity index is 0.00000264. The van der Waals surface area contributed by atoms with Crippen LogP contribution in [0, 0.1) is 5.82 Å². The van der Waals surface area contributed by atoms with E-state index in [1.54, 1.807) is 6.92 Å². The van der Waals surface area contributed by atoms with Crippen molar-refractivity contribution in [2.24, 2.45) is 5.73 Å². The summed E-state index contributed by atoms with van der Waals surface area (Å²) in [6.45, 7) is 4.38. The Kier molecular flexibility index (Phi) is 7.02. The third kappa shape index (κ3) is 4.67. The fourth-order valence-electron chi connectivity index (χ4n) is 3.51. The number of halogens is 2. The number of nitrogens with two attached hydrogens (primary N) is 1. The fourth-order valence-corrected chi connectivity index (χ4v) is 3.51. The number of hydrogen-bond donors (Lipinski definition) is 2. The molecule has 0 aliphatic heterocycles. The van der Waals surface area contributed by atoms with Crippen molar-refractivity contribution in [3.8, 4) is 0 Å². The number of rotatable bonds is 6. The molecule has 0 bridgehead atoms. The predicted molar refractivity (Wildman–Crippen MR) is 94.3 cm³/mol. The van der Waals surface area contributed by atoms with Gasteiger partial charge in [-0.15, -0.1) is 12.4 Å². The second-order valence-corrected chi connectivity index (χ2v) is 6.84. The second kappa shape index (κ2) is 8.11. The van der Waals surface area contributed by atoms with Crippen molar-refractivity contribution in [3.63, 3.8) is 0 Å². The molecular weight excluding hydrogens is 315 g/mol. The lowest BCUT2D eigenvalue weighted by molar-refractivity contribution is -0.126. The molecule has 1 unspecified atom stereocenters. The number of carbonyl (C=O) groups excluding carboxylic acids is 1. The number of hydrogen-bond acceptors (Lipinski definition) is 2. The first-order valence-corrected chi connectivity index (χ1v) is 8.23. The SMILES string of the molecule is CCCC(C)(N)C(=O)NCC1(c2ccc(F)cc2)CCCC1.Cl. The minimum atomic E-state index is -0.822. The van der Waals surface area contributed by atoms with Crippen LogP contribution >= 0.6 is 12.4 Å². The van der Waals surface area contributed by atoms with E-state index in [0.29, 0.717) is 13.0 Å². The highest BCUT2D eigenvalue weighted by atomic mass is 35.5. The Morgan fingerprint density at radius 3 is 2.39 bits per heavy atom. The fraction of sp³-hybridized carbons (Fsp3) is 0.611. The van der Waals surface area contributed by atoms with Crippen molar-refractivity contribution in [3.05, 3.63) is 35.6 Å². The normalized spacial score (nSPS) is 18.8. The van der Waals surface area contributed by atoms with Crippen LogP contribution in [0.25, 0.3) is 0 Å². The van der Waals surface area contributed by atoms with Gasteiger partial charge in [0.2, 0.25) is 5.91 Å². The quantitative estimate of drug-likeness (QED) is 0.828. The Morgan fingerprint density at radius 2 is 1.87 bits per heavy atom. The van der Waals surface area contributed by atoms with Crippen LogP contribution in [0.15, 0.2) is 24.3 Å². The molecule has 1 atom stereocenters. The van der Waals surface area contributed by atoms with Gasteiger partial charge in [-0.25, -0.2) is 4.39 Å². The van der Waals surface area contributed by atoms with Gasteiger partial charge >= 0.3 is 0 Å². The third-order valence-electron chi connectivity index (χ3n) is 4.89. The maximum Gasteiger partial charge on any atom is 0.239 e. The number of benzene rings is 1. The summed E-state index contributed by atoms with van der Waals surface area (Å²) in [4.78, 5) is 12.3. The van der Waals surface area contributed by atoms with Gasteiger partial charge in [0.15, 0.2) is 0 Å². The molecule has 1 fully saturated rings. The summed E-state index contributed by atoms with van der Waals surface area (Å²) < 4.78 is 13.2. The second-order valence-electron chi connectivity index (χ2n) is 6.84. The molecule has 1 aliphatic rings. The van der Waals surface area contributed by atoms with Crippen LogP contribution in [0.1, 0.15) is 57.9 Å². The first-order valence-electron chi connectivity index (χ1n) is 8.23. The highest BCUT2D eigenvalue weighted by Gasteiger charge is 2.37. The van der Waals surface area contributed by atoms with Crippen LogP contribution in [0.3, 0.4) is 0 Å². The molecule has 3 nitrogen and oxygen atoms in total. The van der Waals surface area contributed by atoms with E-state index in [1.807, 2.05) is 19.1 Å². The Morgan fingerprint density at radius 1 is 1.30 bits per heavy atom. The first-order chi connectivity index (χ1) is 10.4. The molecule has 3 N–H and O–H groups in total. The Hall–Kier alpha value is -1.13. The van der Waals surface area contributed by atoms with Crippen LogP contribution in [0.5, 0.6) is 0 Å². The van der Waals surface area contributed by atoms with E-state index in [0.717, 1.165) is 37.7 Å². The minimum absolute atomic E-state index is 0. The van der Waals surface area contributed by atoms with Gasteiger partial charge in [-0.1, -0.05) is 38.3 Å². The topological polar surface area (TPSA) is 55.1 Å². The molecule has 5 heteroatoms. The summed E-state index contributed by atoms with van der Waals surface area (Å²) in [5, 5.41) is 3.05. The van der Waals surface area contributed by atoms with Gasteiger partial charge in [-0.2, -0.15) is 0 Å². The monoisotopic (exact) mass is 342 g/mol. The van der Waals surface area contributed by atoms with Crippen molar-refractivity contribution in [1.29, 1.82) is 0 Å². The van der Waals surface area contributed by atoms with E-state index in [4.69, 9.17) is 5.73 Å². The van der Waals surface area contributed by atoms with Gasteiger partial charge in [0, 0.05) is 12.0 Å². The van der Waals surface area contributed by atoms with Crippen LogP contribution in [0.4, 0.5) is 4.39 Å². The molecule has 0 heterocycles. The van der Waals surface area contributed by atoms with Crippen LogP contribution in [0.2, 0.25) is 0 Å². The van der Waals surface area contributed by atoms with Gasteiger partial charge in [0.05, 0.1) is 5.54 Å². The van der Waals surface area contributed by atoms with Gasteiger partial charge in [0.1, 0.15) is 5.82 Å². The van der Waals surface area contributed by atoms with Crippen molar-refractivity contribution >= 4 is 18.3 Å². The zero-order valence-corrected chi connectivity index (χ0v) is 14.8. The zero-order valence-electron chi connectivity index (χ0n) is 14.0. The van der Waals surface area contributed by atoms with Gasteiger partial charge in [0.25, 0.3) is 0 Å². The van der Waals surface area contributed by atoms with Gasteiger partial charge < -0.3 is 11.1 Å². The third-order valence-corrected chi connectivity index (χ3v) is 4.89. The highest BCUT2D eigenvalue weighted by Crippen LogP contribution is 2.40. The summed E-state index contributed by atoms with van der Waals surface area (Å²) in [7, 11) is 0. The van der Waals surface area contributed by atoms with E-state index in [2.05, 4.69) is 5.32 Å². The largest absolute Gasteiger partial charge is 0.354 e. The first kappa shape index (κ1) is 19.9. The lowest BCUT2D eigenvalue weighted by atomic mass is 9.78. The summed E-state index contributed by atoms with van der Waals surface area (Å²) in [6, 6.07) is 6.70. The summed E-state index contributed by atoms with van der Waals surface area (Å²) in [5.41, 5.74) is 6.31. The maximum atomic E-state index is 13.2. The molecule has 0 radical (unpaired) electrons. The smallest absolute Gasteiger partial charge is 0.239 e. The zero-order chi connectivity index (χ0) is 16.2. The molecule has 130 valence electrons. The summed E-state index contributed by atoms with van der Waals surface area (Å²) >= 11 is 0. The van der Waals surface area contributed by atoms with Crippen LogP contribution < -0.4 is 11.1 Å². The van der Waals surface area contributed by atoms with E-state index < -0.39 is 5.54 Å². The standard InChI is InChI=1S/C18H27FN2O.ClH/c1-3-10-17(2,20)16(22)21-13-18(11-4-5-12-18)14-6-8-15(19)9-7-14;/h6-9H,3-5,10-13,20H2,1-2H3,(H,21,22);1H. The van der Waals surface area contributed by atoms with E-state index in [9.17, 15) is 9.18 Å². The number of nitrogens with one attached hydrogen (secondary N) is 1. The average Bonchev–Trinajstić information content (AvgIpc) is 2.95. The lowest BCUT2D eigenvalue weighted by Gasteiger charge is -2.32. The van der Waals surface area contributed by atoms with Crippen molar-refractivity contribution in [2.75, 3.05) is 6.54 Å². The van der Waals surface area contributed by atoms with E-state index in [1.165, 1.54) is 12.1 Å². The molecular formula is C18H28ClFN2O. The predicted octanol–water partition coefficient (Wildman–Crippen LogP) is 3.69. The lowest BCUT2D eigenvalue weighted by Crippen LogP contribution is -2.54. The van der Waals surface area contributed by atoms with Crippen LogP contribution in [-0.2, 0) is 10.2 Å². The number of amides is 1. The average molecular weight is 343 g/mol. The van der Waals surface area contributed by atoms with Crippen LogP contribution in [-0.4, -0.2) is 18.0 Å². The molecule has 23 heavy (non-hydrogen) atoms. The van der Waals surface area contributed by atoms with E-state index in [-0.39, 0.29) is 29.5 Å². The van der Waals surface area contributed by atoms with Crippen molar-refractivity contribution in [2.45, 2.75) is 63.3 Å². The molecule has 1 saturated carbocycles. The Labute approximate surface area is 144 Å². The minimum Gasteiger partial charge on any atom is -0.354 e. The maximum absolute atomic E-state index is 13.2. The van der Waals surface area contributed by atoms with Crippen molar-refractivity contribution in [1.82, 2.24) is 5.32 Å². The van der Waals surface area contributed by atoms with E-state index >= 15 is 0 Å². The summed E-state index contributed by atoms with van der Waals surface area (Å²) in [5.74, 6) is -0.318. The van der Waals surface area contributed by atoms with Crippen molar-refractivity contribution < 1.29 is 9.18 Å². The molecule has 1 aliphatic carbocycles. The molecule has 0 spiro atoms. The number of carbonyl (C=O) groups is 1. The molecule has 0 saturated heterocycles. The molecule has 1 aromatic rings. The molecule has 1 aromatic carbocycles.